The molecule has 2 atom stereocenters. The Morgan fingerprint density at radius 2 is 1.43 bits per heavy atom. The smallest absolute Gasteiger partial charge is 0.337 e. The van der Waals surface area contributed by atoms with Crippen molar-refractivity contribution in [3.8, 4) is 0 Å². The number of carbonyl (C=O) groups is 1. The summed E-state index contributed by atoms with van der Waals surface area (Å²) < 4.78 is 164. The number of amides is 1. The van der Waals surface area contributed by atoms with E-state index in [9.17, 15) is 57.1 Å². The van der Waals surface area contributed by atoms with Crippen molar-refractivity contribution in [1.29, 1.82) is 0 Å². The molecule has 1 heterocycles. The normalized spacial score (nSPS) is 24.3. The molecule has 3 aliphatic rings. The predicted octanol–water partition coefficient (Wildman–Crippen LogP) is 7.14. The summed E-state index contributed by atoms with van der Waals surface area (Å²) in [5.41, 5.74) is -10.9. The van der Waals surface area contributed by atoms with Crippen molar-refractivity contribution < 1.29 is 57.1 Å². The first-order valence-corrected chi connectivity index (χ1v) is 15.1. The Kier molecular flexibility index (Phi) is 7.04. The number of sulfone groups is 1. The first-order chi connectivity index (χ1) is 19.1. The van der Waals surface area contributed by atoms with Gasteiger partial charge in [0, 0.05) is 15.7 Å². The maximum absolute atomic E-state index is 14.9. The van der Waals surface area contributed by atoms with Crippen LogP contribution in [0.5, 0.6) is 0 Å². The van der Waals surface area contributed by atoms with Gasteiger partial charge in [0.25, 0.3) is 0 Å². The Labute approximate surface area is 246 Å². The van der Waals surface area contributed by atoms with E-state index < -0.39 is 100 Å². The average molecular weight is 743 g/mol. The van der Waals surface area contributed by atoms with Gasteiger partial charge in [0.2, 0.25) is 5.91 Å². The lowest BCUT2D eigenvalue weighted by molar-refractivity contribution is -0.348. The molecule has 0 unspecified atom stereocenters. The minimum absolute atomic E-state index is 0.204. The maximum Gasteiger partial charge on any atom is 0.435 e. The molecule has 0 aromatic heterocycles. The van der Waals surface area contributed by atoms with Gasteiger partial charge in [-0.15, -0.1) is 0 Å². The minimum atomic E-state index is -6.41. The summed E-state index contributed by atoms with van der Waals surface area (Å²) in [6.07, 6.45) is -20.0. The van der Waals surface area contributed by atoms with Crippen LogP contribution in [0.1, 0.15) is 42.4 Å². The minimum Gasteiger partial charge on any atom is -0.337 e. The van der Waals surface area contributed by atoms with Crippen LogP contribution in [-0.4, -0.2) is 50.3 Å². The van der Waals surface area contributed by atoms with Gasteiger partial charge in [-0.05, 0) is 90.1 Å². The quantitative estimate of drug-likeness (QED) is 0.248. The van der Waals surface area contributed by atoms with Crippen molar-refractivity contribution in [3.05, 3.63) is 62.7 Å². The Morgan fingerprint density at radius 1 is 0.857 bits per heavy atom. The van der Waals surface area contributed by atoms with E-state index in [0.29, 0.717) is 15.7 Å². The van der Waals surface area contributed by atoms with Gasteiger partial charge < -0.3 is 4.90 Å². The monoisotopic (exact) mass is 743 g/mol. The number of likely N-dealkylation sites (tertiary alicyclic amines) is 1. The molecule has 42 heavy (non-hydrogen) atoms. The van der Waals surface area contributed by atoms with Gasteiger partial charge in [0.05, 0.1) is 10.9 Å². The van der Waals surface area contributed by atoms with E-state index in [-0.39, 0.29) is 22.1 Å². The van der Waals surface area contributed by atoms with Gasteiger partial charge >= 0.3 is 24.2 Å². The van der Waals surface area contributed by atoms with Crippen molar-refractivity contribution in [2.75, 3.05) is 6.54 Å². The van der Waals surface area contributed by atoms with Gasteiger partial charge in [0.1, 0.15) is 10.2 Å². The van der Waals surface area contributed by atoms with Crippen LogP contribution in [0.2, 0.25) is 0 Å². The highest BCUT2D eigenvalue weighted by atomic mass is 127. The van der Waals surface area contributed by atoms with Gasteiger partial charge in [0.15, 0.2) is 9.84 Å². The van der Waals surface area contributed by atoms with Crippen molar-refractivity contribution in [3.63, 3.8) is 0 Å². The number of halogens is 11. The van der Waals surface area contributed by atoms with Crippen LogP contribution in [0, 0.1) is 8.99 Å². The number of hydrogen-bond donors (Lipinski definition) is 0. The Balaban J connectivity index is 1.70. The summed E-state index contributed by atoms with van der Waals surface area (Å²) in [6.45, 7) is -0.454. The van der Waals surface area contributed by atoms with Crippen LogP contribution in [0.3, 0.4) is 0 Å². The van der Waals surface area contributed by atoms with Crippen LogP contribution in [-0.2, 0) is 31.5 Å². The average Bonchev–Trinajstić information content (AvgIpc) is 3.61. The second-order valence-electron chi connectivity index (χ2n) is 10.8. The molecule has 2 aromatic rings. The fourth-order valence-electron chi connectivity index (χ4n) is 6.32. The molecule has 2 aliphatic carbocycles. The largest absolute Gasteiger partial charge is 0.435 e. The van der Waals surface area contributed by atoms with Crippen LogP contribution in [0.25, 0.3) is 0 Å². The highest BCUT2D eigenvalue weighted by Crippen LogP contribution is 2.62. The van der Waals surface area contributed by atoms with Gasteiger partial charge in [-0.3, -0.25) is 4.79 Å². The van der Waals surface area contributed by atoms with Crippen LogP contribution in [0.4, 0.5) is 43.9 Å². The summed E-state index contributed by atoms with van der Waals surface area (Å²) in [5, 5.41) is 0. The molecule has 1 saturated heterocycles. The van der Waals surface area contributed by atoms with Gasteiger partial charge in [-0.2, -0.15) is 39.5 Å². The second kappa shape index (κ2) is 9.44. The summed E-state index contributed by atoms with van der Waals surface area (Å²) >= 11 is 1.89. The molecule has 5 rings (SSSR count). The Bertz CT molecular complexity index is 1520. The highest BCUT2D eigenvalue weighted by Gasteiger charge is 2.74. The Morgan fingerprint density at radius 3 is 1.93 bits per heavy atom. The van der Waals surface area contributed by atoms with Crippen molar-refractivity contribution in [2.24, 2.45) is 5.41 Å². The van der Waals surface area contributed by atoms with E-state index in [4.69, 9.17) is 0 Å². The summed E-state index contributed by atoms with van der Waals surface area (Å²) in [7, 11) is -4.64. The number of aryl methyl sites for hydroxylation is 1. The lowest BCUT2D eigenvalue weighted by Crippen LogP contribution is -2.55. The highest BCUT2D eigenvalue weighted by molar-refractivity contribution is 14.1. The molecule has 2 aromatic carbocycles. The number of rotatable bonds is 4. The van der Waals surface area contributed by atoms with Crippen molar-refractivity contribution in [2.45, 2.75) is 72.0 Å². The van der Waals surface area contributed by atoms with Gasteiger partial charge in [-0.1, -0.05) is 18.2 Å². The molecule has 1 amide bonds. The van der Waals surface area contributed by atoms with Crippen LogP contribution < -0.4 is 0 Å². The molecule has 1 saturated carbocycles. The molecular weight excluding hydrogens is 723 g/mol. The Hall–Kier alpha value is -2.11. The zero-order chi connectivity index (χ0) is 31.3. The second-order valence-corrected chi connectivity index (χ2v) is 14.2. The summed E-state index contributed by atoms with van der Waals surface area (Å²) in [5.74, 6) is -1.32. The van der Waals surface area contributed by atoms with Crippen molar-refractivity contribution in [1.82, 2.24) is 4.90 Å². The molecule has 0 spiro atoms. The van der Waals surface area contributed by atoms with E-state index >= 15 is 0 Å². The topological polar surface area (TPSA) is 54.5 Å². The number of nitrogens with zero attached hydrogens (tertiary/aromatic N) is 1. The number of alkyl halides is 10. The number of carbonyl (C=O) groups excluding carboxylic acids is 1. The molecule has 2 fully saturated rings. The molecule has 16 heteroatoms. The molecule has 4 nitrogen and oxygen atoms in total. The fraction of sp³-hybridized carbons (Fsp3) is 0.500. The molecular formula is C26H20F10INO3S. The van der Waals surface area contributed by atoms with Crippen LogP contribution in [0.15, 0.2) is 47.4 Å². The van der Waals surface area contributed by atoms with Crippen LogP contribution >= 0.6 is 22.6 Å². The third-order valence-electron chi connectivity index (χ3n) is 8.63. The molecule has 0 bridgehead atoms. The molecule has 0 N–H and O–H groups in total. The summed E-state index contributed by atoms with van der Waals surface area (Å²) in [6, 6.07) is 5.07. The zero-order valence-electron chi connectivity index (χ0n) is 21.1. The maximum atomic E-state index is 14.9. The third-order valence-corrected chi connectivity index (χ3v) is 11.9. The SMILES string of the molecule is O=C(N1CC[C@@]2(S(=O)(=O)c3ccc(I)cc3)c3ccc(C(F)(C(F)(F)F)C(F)(F)F)cc3CC[C@@H]12)C1(C(F)(F)F)CC1. The molecule has 230 valence electrons. The number of fused-ring (bicyclic) bond motifs is 3. The third kappa shape index (κ3) is 4.19. The van der Waals surface area contributed by atoms with E-state index in [1.54, 1.807) is 0 Å². The molecule has 0 radical (unpaired) electrons. The standard InChI is InChI=1S/C26H20F10INO3S/c27-23(25(31,32)33,26(34,35)36)15-2-7-18-14(13-15)1-8-19-22(18,42(40,41)17-5-3-16(37)4-6-17)11-12-38(19)20(39)21(9-10-21)24(28,29)30/h2-7,13,19H,1,8-12H2/t19-,22-/m1/s1. The van der Waals surface area contributed by atoms with Crippen molar-refractivity contribution >= 4 is 38.3 Å². The fourth-order valence-corrected chi connectivity index (χ4v) is 9.04. The first-order valence-electron chi connectivity index (χ1n) is 12.5. The number of hydrogen-bond acceptors (Lipinski definition) is 3. The predicted molar refractivity (Wildman–Crippen MR) is 136 cm³/mol. The van der Waals surface area contributed by atoms with Gasteiger partial charge in [-0.25, -0.2) is 12.8 Å². The first kappa shape index (κ1) is 31.3. The molecule has 1 aliphatic heterocycles. The number of benzene rings is 2. The van der Waals surface area contributed by atoms with E-state index in [1.807, 2.05) is 22.6 Å². The summed E-state index contributed by atoms with van der Waals surface area (Å²) in [4.78, 5) is 13.8. The lowest BCUT2D eigenvalue weighted by atomic mass is 9.76. The van der Waals surface area contributed by atoms with E-state index in [2.05, 4.69) is 0 Å². The van der Waals surface area contributed by atoms with E-state index in [0.717, 1.165) is 4.90 Å². The lowest BCUT2D eigenvalue weighted by Gasteiger charge is -2.43. The zero-order valence-corrected chi connectivity index (χ0v) is 24.1. The van der Waals surface area contributed by atoms with E-state index in [1.165, 1.54) is 24.3 Å².